The lowest BCUT2D eigenvalue weighted by Crippen LogP contribution is -2.62. The number of carbonyl (C=O) groups excluding carboxylic acids is 1. The van der Waals surface area contributed by atoms with E-state index >= 15 is 0 Å². The Morgan fingerprint density at radius 1 is 1.40 bits per heavy atom. The second-order valence-electron chi connectivity index (χ2n) is 6.15. The molecule has 116 valence electrons. The molecule has 0 aliphatic heterocycles. The van der Waals surface area contributed by atoms with E-state index in [2.05, 4.69) is 24.5 Å². The molecule has 3 atom stereocenters. The summed E-state index contributed by atoms with van der Waals surface area (Å²) in [5.41, 5.74) is -1.10. The molecule has 1 saturated carbocycles. The summed E-state index contributed by atoms with van der Waals surface area (Å²) in [6.07, 6.45) is 5.39. The van der Waals surface area contributed by atoms with Crippen LogP contribution in [0, 0.1) is 11.8 Å². The number of amides is 2. The molecular weight excluding hydrogens is 256 g/mol. The van der Waals surface area contributed by atoms with E-state index in [9.17, 15) is 14.7 Å². The predicted molar refractivity (Wildman–Crippen MR) is 78.6 cm³/mol. The SMILES string of the molecule is CCCC(C)CNC(=O)NC1(C(=O)O)CCCCC1C. The van der Waals surface area contributed by atoms with Crippen molar-refractivity contribution in [2.45, 2.75) is 64.8 Å². The third kappa shape index (κ3) is 4.12. The smallest absolute Gasteiger partial charge is 0.329 e. The highest BCUT2D eigenvalue weighted by Gasteiger charge is 2.46. The Balaban J connectivity index is 2.58. The van der Waals surface area contributed by atoms with Gasteiger partial charge in [-0.05, 0) is 31.1 Å². The van der Waals surface area contributed by atoms with Crippen molar-refractivity contribution < 1.29 is 14.7 Å². The molecular formula is C15H28N2O3. The Morgan fingerprint density at radius 2 is 2.10 bits per heavy atom. The lowest BCUT2D eigenvalue weighted by Gasteiger charge is -2.39. The molecule has 0 heterocycles. The van der Waals surface area contributed by atoms with Crippen LogP contribution in [-0.4, -0.2) is 29.2 Å². The quantitative estimate of drug-likeness (QED) is 0.701. The van der Waals surface area contributed by atoms with Gasteiger partial charge in [-0.2, -0.15) is 0 Å². The van der Waals surface area contributed by atoms with Crippen molar-refractivity contribution in [3.05, 3.63) is 0 Å². The van der Waals surface area contributed by atoms with E-state index in [0.717, 1.165) is 32.1 Å². The summed E-state index contributed by atoms with van der Waals surface area (Å²) in [7, 11) is 0. The van der Waals surface area contributed by atoms with Crippen LogP contribution in [0.4, 0.5) is 4.79 Å². The number of aliphatic carboxylic acids is 1. The highest BCUT2D eigenvalue weighted by molar-refractivity contribution is 5.86. The first-order valence-corrected chi connectivity index (χ1v) is 7.71. The zero-order valence-corrected chi connectivity index (χ0v) is 12.9. The maximum Gasteiger partial charge on any atom is 0.329 e. The van der Waals surface area contributed by atoms with Gasteiger partial charge in [0.2, 0.25) is 0 Å². The molecule has 0 aromatic rings. The molecule has 3 unspecified atom stereocenters. The van der Waals surface area contributed by atoms with Gasteiger partial charge >= 0.3 is 12.0 Å². The average molecular weight is 284 g/mol. The fraction of sp³-hybridized carbons (Fsp3) is 0.867. The van der Waals surface area contributed by atoms with Gasteiger partial charge in [0.1, 0.15) is 5.54 Å². The summed E-state index contributed by atoms with van der Waals surface area (Å²) in [5, 5.41) is 15.1. The van der Waals surface area contributed by atoms with Crippen LogP contribution in [0.1, 0.15) is 59.3 Å². The van der Waals surface area contributed by atoms with Gasteiger partial charge in [0.05, 0.1) is 0 Å². The van der Waals surface area contributed by atoms with Gasteiger partial charge < -0.3 is 15.7 Å². The second kappa shape index (κ2) is 7.50. The van der Waals surface area contributed by atoms with Crippen LogP contribution in [-0.2, 0) is 4.79 Å². The van der Waals surface area contributed by atoms with Crippen molar-refractivity contribution in [2.75, 3.05) is 6.54 Å². The highest BCUT2D eigenvalue weighted by Crippen LogP contribution is 2.33. The fourth-order valence-corrected chi connectivity index (χ4v) is 3.01. The molecule has 1 rings (SSSR count). The lowest BCUT2D eigenvalue weighted by molar-refractivity contribution is -0.148. The number of hydrogen-bond donors (Lipinski definition) is 3. The normalized spacial score (nSPS) is 27.6. The first-order valence-electron chi connectivity index (χ1n) is 7.71. The maximum absolute atomic E-state index is 12.0. The summed E-state index contributed by atoms with van der Waals surface area (Å²) in [4.78, 5) is 23.6. The van der Waals surface area contributed by atoms with Crippen LogP contribution >= 0.6 is 0 Å². The Kier molecular flexibility index (Phi) is 6.30. The topological polar surface area (TPSA) is 78.4 Å². The van der Waals surface area contributed by atoms with Gasteiger partial charge in [-0.15, -0.1) is 0 Å². The number of carbonyl (C=O) groups is 2. The molecule has 0 bridgehead atoms. The summed E-state index contributed by atoms with van der Waals surface area (Å²) in [6, 6.07) is -0.357. The molecule has 5 heteroatoms. The van der Waals surface area contributed by atoms with E-state index < -0.39 is 11.5 Å². The average Bonchev–Trinajstić information content (AvgIpc) is 2.39. The Labute approximate surface area is 121 Å². The molecule has 2 amide bonds. The van der Waals surface area contributed by atoms with E-state index in [-0.39, 0.29) is 11.9 Å². The number of rotatable bonds is 6. The van der Waals surface area contributed by atoms with Gasteiger partial charge in [-0.3, -0.25) is 0 Å². The molecule has 1 fully saturated rings. The minimum absolute atomic E-state index is 0.0347. The Bertz CT molecular complexity index is 346. The Morgan fingerprint density at radius 3 is 2.65 bits per heavy atom. The predicted octanol–water partition coefficient (Wildman–Crippen LogP) is 2.76. The van der Waals surface area contributed by atoms with Crippen molar-refractivity contribution in [1.82, 2.24) is 10.6 Å². The molecule has 1 aliphatic rings. The Hall–Kier alpha value is -1.26. The first kappa shape index (κ1) is 16.8. The van der Waals surface area contributed by atoms with Gasteiger partial charge in [0.15, 0.2) is 0 Å². The third-order valence-corrected chi connectivity index (χ3v) is 4.41. The van der Waals surface area contributed by atoms with Crippen LogP contribution in [0.5, 0.6) is 0 Å². The van der Waals surface area contributed by atoms with Crippen molar-refractivity contribution in [2.24, 2.45) is 11.8 Å². The minimum atomic E-state index is -1.10. The number of nitrogens with one attached hydrogen (secondary N) is 2. The molecule has 3 N–H and O–H groups in total. The third-order valence-electron chi connectivity index (χ3n) is 4.41. The van der Waals surface area contributed by atoms with E-state index in [1.807, 2.05) is 6.92 Å². The zero-order valence-electron chi connectivity index (χ0n) is 12.9. The number of hydrogen-bond acceptors (Lipinski definition) is 2. The molecule has 0 saturated heterocycles. The van der Waals surface area contributed by atoms with Crippen molar-refractivity contribution >= 4 is 12.0 Å². The standard InChI is InChI=1S/C15H28N2O3/c1-4-7-11(2)10-16-14(20)17-15(13(18)19)9-6-5-8-12(15)3/h11-12H,4-10H2,1-3H3,(H,18,19)(H2,16,17,20). The molecule has 0 radical (unpaired) electrons. The molecule has 20 heavy (non-hydrogen) atoms. The monoisotopic (exact) mass is 284 g/mol. The van der Waals surface area contributed by atoms with E-state index in [0.29, 0.717) is 18.9 Å². The van der Waals surface area contributed by atoms with Crippen molar-refractivity contribution in [1.29, 1.82) is 0 Å². The van der Waals surface area contributed by atoms with Crippen LogP contribution in [0.25, 0.3) is 0 Å². The zero-order chi connectivity index (χ0) is 15.2. The maximum atomic E-state index is 12.0. The van der Waals surface area contributed by atoms with Gasteiger partial charge in [0.25, 0.3) is 0 Å². The first-order chi connectivity index (χ1) is 9.42. The summed E-state index contributed by atoms with van der Waals surface area (Å²) < 4.78 is 0. The highest BCUT2D eigenvalue weighted by atomic mass is 16.4. The second-order valence-corrected chi connectivity index (χ2v) is 6.15. The molecule has 0 aromatic carbocycles. The summed E-state index contributed by atoms with van der Waals surface area (Å²) >= 11 is 0. The molecule has 5 nitrogen and oxygen atoms in total. The van der Waals surface area contributed by atoms with E-state index in [1.165, 1.54) is 0 Å². The van der Waals surface area contributed by atoms with Crippen molar-refractivity contribution in [3.63, 3.8) is 0 Å². The number of carboxylic acids is 1. The van der Waals surface area contributed by atoms with E-state index in [1.54, 1.807) is 0 Å². The summed E-state index contributed by atoms with van der Waals surface area (Å²) in [5.74, 6) is -0.538. The van der Waals surface area contributed by atoms with Crippen LogP contribution in [0.2, 0.25) is 0 Å². The molecule has 1 aliphatic carbocycles. The minimum Gasteiger partial charge on any atom is -0.479 e. The van der Waals surface area contributed by atoms with Gasteiger partial charge in [0, 0.05) is 6.54 Å². The molecule has 0 spiro atoms. The van der Waals surface area contributed by atoms with Crippen LogP contribution < -0.4 is 10.6 Å². The van der Waals surface area contributed by atoms with E-state index in [4.69, 9.17) is 0 Å². The van der Waals surface area contributed by atoms with Gasteiger partial charge in [-0.1, -0.05) is 40.0 Å². The summed E-state index contributed by atoms with van der Waals surface area (Å²) in [6.45, 7) is 6.69. The fourth-order valence-electron chi connectivity index (χ4n) is 3.01. The largest absolute Gasteiger partial charge is 0.479 e. The number of urea groups is 1. The van der Waals surface area contributed by atoms with Crippen molar-refractivity contribution in [3.8, 4) is 0 Å². The van der Waals surface area contributed by atoms with Crippen LogP contribution in [0.3, 0.4) is 0 Å². The lowest BCUT2D eigenvalue weighted by atomic mass is 9.73. The number of carboxylic acid groups (broad SMARTS) is 1. The van der Waals surface area contributed by atoms with Gasteiger partial charge in [-0.25, -0.2) is 9.59 Å². The van der Waals surface area contributed by atoms with Crippen LogP contribution in [0.15, 0.2) is 0 Å². The molecule has 0 aromatic heterocycles.